The summed E-state index contributed by atoms with van der Waals surface area (Å²) in [5.74, 6) is -1.26. The van der Waals surface area contributed by atoms with Crippen LogP contribution >= 0.6 is 15.9 Å². The number of anilines is 3. The fourth-order valence-electron chi connectivity index (χ4n) is 3.52. The van der Waals surface area contributed by atoms with E-state index in [2.05, 4.69) is 26.6 Å². The number of carbonyl (C=O) groups excluding carboxylic acids is 3. The third kappa shape index (κ3) is 3.60. The Bertz CT molecular complexity index is 949. The largest absolute Gasteiger partial charge is 0.336 e. The molecule has 28 heavy (non-hydrogen) atoms. The lowest BCUT2D eigenvalue weighted by molar-refractivity contribution is -0.129. The van der Waals surface area contributed by atoms with Gasteiger partial charge in [0.25, 0.3) is 0 Å². The molecule has 0 spiro atoms. The molecule has 2 aromatic rings. The number of hydrogen-bond acceptors (Lipinski definition) is 3. The summed E-state index contributed by atoms with van der Waals surface area (Å²) >= 11 is 3.41. The van der Waals surface area contributed by atoms with Crippen LogP contribution in [-0.2, 0) is 9.59 Å². The molecule has 2 fully saturated rings. The molecule has 0 saturated carbocycles. The van der Waals surface area contributed by atoms with Crippen molar-refractivity contribution in [1.82, 2.24) is 5.32 Å². The number of benzene rings is 2. The molecule has 2 aliphatic rings. The fourth-order valence-corrected chi connectivity index (χ4v) is 3.91. The fraction of sp³-hybridized carbons (Fsp3) is 0.250. The van der Waals surface area contributed by atoms with E-state index in [-0.39, 0.29) is 17.8 Å². The van der Waals surface area contributed by atoms with Crippen molar-refractivity contribution in [3.05, 3.63) is 53.0 Å². The Labute approximate surface area is 170 Å². The Morgan fingerprint density at radius 3 is 2.50 bits per heavy atom. The van der Waals surface area contributed by atoms with Crippen LogP contribution in [0.1, 0.15) is 6.42 Å². The van der Waals surface area contributed by atoms with Gasteiger partial charge in [-0.25, -0.2) is 4.79 Å². The van der Waals surface area contributed by atoms with E-state index in [0.29, 0.717) is 37.4 Å². The van der Waals surface area contributed by atoms with E-state index >= 15 is 0 Å². The maximum Gasteiger partial charge on any atom is 0.321 e. The SMILES string of the molecule is O=C(Nc1cccc(N2CCNC2=O)c1)C1CCN(c2cccc(Br)c2)C1=O. The van der Waals surface area contributed by atoms with Crippen LogP contribution < -0.4 is 20.4 Å². The molecule has 1 atom stereocenters. The minimum Gasteiger partial charge on any atom is -0.336 e. The highest BCUT2D eigenvalue weighted by Gasteiger charge is 2.37. The number of urea groups is 1. The summed E-state index contributed by atoms with van der Waals surface area (Å²) in [5.41, 5.74) is 2.05. The van der Waals surface area contributed by atoms with Gasteiger partial charge in [-0.2, -0.15) is 0 Å². The number of hydrogen-bond donors (Lipinski definition) is 2. The normalized spacial score (nSPS) is 19.1. The minimum absolute atomic E-state index is 0.154. The van der Waals surface area contributed by atoms with Gasteiger partial charge in [-0.1, -0.05) is 28.1 Å². The maximum atomic E-state index is 12.8. The summed E-state index contributed by atoms with van der Waals surface area (Å²) in [7, 11) is 0. The summed E-state index contributed by atoms with van der Waals surface area (Å²) in [6, 6.07) is 14.4. The van der Waals surface area contributed by atoms with E-state index in [0.717, 1.165) is 10.2 Å². The van der Waals surface area contributed by atoms with E-state index in [1.165, 1.54) is 0 Å². The van der Waals surface area contributed by atoms with Gasteiger partial charge in [0, 0.05) is 41.2 Å². The summed E-state index contributed by atoms with van der Waals surface area (Å²) < 4.78 is 0.883. The molecular weight excluding hydrogens is 424 g/mol. The van der Waals surface area contributed by atoms with Crippen LogP contribution in [0.4, 0.5) is 21.9 Å². The predicted molar refractivity (Wildman–Crippen MR) is 110 cm³/mol. The zero-order chi connectivity index (χ0) is 19.7. The molecule has 4 amide bonds. The van der Waals surface area contributed by atoms with Gasteiger partial charge in [-0.05, 0) is 42.8 Å². The second kappa shape index (κ2) is 7.63. The van der Waals surface area contributed by atoms with E-state index < -0.39 is 5.92 Å². The Hall–Kier alpha value is -2.87. The van der Waals surface area contributed by atoms with Gasteiger partial charge >= 0.3 is 6.03 Å². The molecule has 1 unspecified atom stereocenters. The quantitative estimate of drug-likeness (QED) is 0.714. The highest BCUT2D eigenvalue weighted by atomic mass is 79.9. The smallest absolute Gasteiger partial charge is 0.321 e. The molecule has 4 rings (SSSR count). The van der Waals surface area contributed by atoms with Crippen LogP contribution in [0.2, 0.25) is 0 Å². The molecule has 0 radical (unpaired) electrons. The maximum absolute atomic E-state index is 12.8. The Balaban J connectivity index is 1.46. The lowest BCUT2D eigenvalue weighted by Crippen LogP contribution is -2.33. The van der Waals surface area contributed by atoms with Crippen LogP contribution in [0, 0.1) is 5.92 Å². The molecule has 0 bridgehead atoms. The van der Waals surface area contributed by atoms with E-state index in [1.54, 1.807) is 28.0 Å². The molecule has 2 aliphatic heterocycles. The number of nitrogens with one attached hydrogen (secondary N) is 2. The van der Waals surface area contributed by atoms with E-state index in [4.69, 9.17) is 0 Å². The molecule has 2 N–H and O–H groups in total. The zero-order valence-electron chi connectivity index (χ0n) is 15.0. The van der Waals surface area contributed by atoms with Crippen molar-refractivity contribution in [1.29, 1.82) is 0 Å². The summed E-state index contributed by atoms with van der Waals surface area (Å²) in [5, 5.41) is 5.57. The average Bonchev–Trinajstić information content (AvgIpc) is 3.27. The summed E-state index contributed by atoms with van der Waals surface area (Å²) in [6.45, 7) is 1.68. The molecule has 2 saturated heterocycles. The molecule has 2 aromatic carbocycles. The van der Waals surface area contributed by atoms with Gasteiger partial charge in [0.05, 0.1) is 0 Å². The molecular formula is C20H19BrN4O3. The van der Waals surface area contributed by atoms with E-state index in [9.17, 15) is 14.4 Å². The van der Waals surface area contributed by atoms with Crippen molar-refractivity contribution in [2.24, 2.45) is 5.92 Å². The van der Waals surface area contributed by atoms with Crippen LogP contribution in [0.5, 0.6) is 0 Å². The van der Waals surface area contributed by atoms with Crippen molar-refractivity contribution in [2.45, 2.75) is 6.42 Å². The molecule has 2 heterocycles. The van der Waals surface area contributed by atoms with Crippen molar-refractivity contribution in [2.75, 3.05) is 34.8 Å². The molecule has 0 aliphatic carbocycles. The predicted octanol–water partition coefficient (Wildman–Crippen LogP) is 2.97. The van der Waals surface area contributed by atoms with Gasteiger partial charge in [0.15, 0.2) is 0 Å². The lowest BCUT2D eigenvalue weighted by atomic mass is 10.1. The van der Waals surface area contributed by atoms with Crippen LogP contribution in [0.3, 0.4) is 0 Å². The summed E-state index contributed by atoms with van der Waals surface area (Å²) in [6.07, 6.45) is 0.464. The number of halogens is 1. The third-order valence-electron chi connectivity index (χ3n) is 4.92. The molecule has 144 valence electrons. The van der Waals surface area contributed by atoms with Gasteiger partial charge < -0.3 is 15.5 Å². The van der Waals surface area contributed by atoms with Crippen LogP contribution in [0.15, 0.2) is 53.0 Å². The van der Waals surface area contributed by atoms with Gasteiger partial charge in [-0.15, -0.1) is 0 Å². The molecule has 7 nitrogen and oxygen atoms in total. The first-order valence-electron chi connectivity index (χ1n) is 9.06. The highest BCUT2D eigenvalue weighted by molar-refractivity contribution is 9.10. The Morgan fingerprint density at radius 2 is 1.79 bits per heavy atom. The average molecular weight is 443 g/mol. The van der Waals surface area contributed by atoms with Crippen molar-refractivity contribution < 1.29 is 14.4 Å². The topological polar surface area (TPSA) is 81.8 Å². The Kier molecular flexibility index (Phi) is 5.04. The second-order valence-electron chi connectivity index (χ2n) is 6.73. The zero-order valence-corrected chi connectivity index (χ0v) is 16.6. The molecule has 0 aromatic heterocycles. The van der Waals surface area contributed by atoms with Crippen LogP contribution in [-0.4, -0.2) is 37.5 Å². The number of rotatable bonds is 4. The monoisotopic (exact) mass is 442 g/mol. The van der Waals surface area contributed by atoms with Crippen LogP contribution in [0.25, 0.3) is 0 Å². The van der Waals surface area contributed by atoms with Crippen molar-refractivity contribution in [3.63, 3.8) is 0 Å². The third-order valence-corrected chi connectivity index (χ3v) is 5.42. The van der Waals surface area contributed by atoms with E-state index in [1.807, 2.05) is 30.3 Å². The first kappa shape index (κ1) is 18.5. The molecule has 8 heteroatoms. The first-order chi connectivity index (χ1) is 13.5. The standard InChI is InChI=1S/C20H19BrN4O3/c21-13-3-1-5-15(11-13)24-9-7-17(19(24)27)18(26)23-14-4-2-6-16(12-14)25-10-8-22-20(25)28/h1-6,11-12,17H,7-10H2,(H,22,28)(H,23,26). The Morgan fingerprint density at radius 1 is 1.04 bits per heavy atom. The summed E-state index contributed by atoms with van der Waals surface area (Å²) in [4.78, 5) is 40.5. The number of carbonyl (C=O) groups is 3. The van der Waals surface area contributed by atoms with Gasteiger partial charge in [0.2, 0.25) is 11.8 Å². The van der Waals surface area contributed by atoms with Crippen molar-refractivity contribution in [3.8, 4) is 0 Å². The second-order valence-corrected chi connectivity index (χ2v) is 7.65. The number of nitrogens with zero attached hydrogens (tertiary/aromatic N) is 2. The van der Waals surface area contributed by atoms with Gasteiger partial charge in [0.1, 0.15) is 5.92 Å². The highest BCUT2D eigenvalue weighted by Crippen LogP contribution is 2.28. The first-order valence-corrected chi connectivity index (χ1v) is 9.85. The lowest BCUT2D eigenvalue weighted by Gasteiger charge is -2.18. The van der Waals surface area contributed by atoms with Crippen molar-refractivity contribution >= 4 is 50.8 Å². The number of amides is 4. The minimum atomic E-state index is -0.724. The van der Waals surface area contributed by atoms with Gasteiger partial charge in [-0.3, -0.25) is 14.5 Å².